The summed E-state index contributed by atoms with van der Waals surface area (Å²) in [6.07, 6.45) is 41.5. The Kier molecular flexibility index (Phi) is 38.7. The molecule has 0 aromatic heterocycles. The van der Waals surface area contributed by atoms with E-state index in [0.29, 0.717) is 37.1 Å². The Morgan fingerprint density at radius 3 is 1.26 bits per heavy atom. The van der Waals surface area contributed by atoms with Gasteiger partial charge in [0.25, 0.3) is 0 Å². The molecule has 0 radical (unpaired) electrons. The number of methoxy groups -OCH3 is 2. The molecule has 0 aromatic carbocycles. The molecule has 0 bridgehead atoms. The van der Waals surface area contributed by atoms with E-state index in [1.807, 2.05) is 0 Å². The number of nitrogens with zero attached hydrogens (tertiary/aromatic N) is 1. The molecule has 0 heterocycles. The first-order chi connectivity index (χ1) is 25.9. The smallest absolute Gasteiger partial charge is 0.306 e. The molecule has 0 rings (SSSR count). The van der Waals surface area contributed by atoms with Crippen LogP contribution in [-0.4, -0.2) is 83.2 Å². The number of allylic oxidation sites excluding steroid dienone is 4. The van der Waals surface area contributed by atoms with Gasteiger partial charge in [-0.25, -0.2) is 0 Å². The number of carbonyl (C=O) groups excluding carboxylic acids is 2. The summed E-state index contributed by atoms with van der Waals surface area (Å²) in [5.74, 6) is -0.408. The lowest BCUT2D eigenvalue weighted by Gasteiger charge is -2.36. The molecule has 0 aliphatic carbocycles. The first-order valence-electron chi connectivity index (χ1n) is 22.4. The highest BCUT2D eigenvalue weighted by molar-refractivity contribution is 5.70. The van der Waals surface area contributed by atoms with Crippen molar-refractivity contribution >= 4 is 11.9 Å². The third kappa shape index (κ3) is 37.0. The van der Waals surface area contributed by atoms with Crippen LogP contribution in [0.1, 0.15) is 194 Å². The lowest BCUT2D eigenvalue weighted by Crippen LogP contribution is -2.54. The molecule has 0 aliphatic heterocycles. The largest absolute Gasteiger partial charge is 0.461 e. The number of quaternary nitrogens is 1. The Morgan fingerprint density at radius 2 is 0.868 bits per heavy atom. The van der Waals surface area contributed by atoms with Crippen LogP contribution in [0.25, 0.3) is 0 Å². The van der Waals surface area contributed by atoms with E-state index in [1.165, 1.54) is 116 Å². The molecule has 0 aliphatic rings. The number of rotatable bonds is 41. The van der Waals surface area contributed by atoms with Crippen molar-refractivity contribution in [3.05, 3.63) is 24.3 Å². The molecule has 1 atom stereocenters. The van der Waals surface area contributed by atoms with Crippen LogP contribution in [0.15, 0.2) is 24.3 Å². The fourth-order valence-electron chi connectivity index (χ4n) is 6.72. The summed E-state index contributed by atoms with van der Waals surface area (Å²) in [4.78, 5) is 25.6. The number of ether oxygens (including phenoxy) is 4. The van der Waals surface area contributed by atoms with Crippen LogP contribution in [-0.2, 0) is 28.5 Å². The van der Waals surface area contributed by atoms with Crippen molar-refractivity contribution in [1.82, 2.24) is 0 Å². The predicted molar refractivity (Wildman–Crippen MR) is 224 cm³/mol. The van der Waals surface area contributed by atoms with Gasteiger partial charge in [0.15, 0.2) is 6.10 Å². The van der Waals surface area contributed by atoms with E-state index in [1.54, 1.807) is 14.2 Å². The third-order valence-corrected chi connectivity index (χ3v) is 10.3. The van der Waals surface area contributed by atoms with Crippen LogP contribution in [0.4, 0.5) is 0 Å². The summed E-state index contributed by atoms with van der Waals surface area (Å²) in [5, 5.41) is 0. The van der Waals surface area contributed by atoms with E-state index in [9.17, 15) is 9.59 Å². The van der Waals surface area contributed by atoms with E-state index in [-0.39, 0.29) is 18.5 Å². The highest BCUT2D eigenvalue weighted by Gasteiger charge is 2.30. The Bertz CT molecular complexity index is 851. The molecule has 0 aromatic rings. The second-order valence-corrected chi connectivity index (χ2v) is 15.7. The van der Waals surface area contributed by atoms with E-state index in [2.05, 4.69) is 45.2 Å². The van der Waals surface area contributed by atoms with Crippen molar-refractivity contribution in [2.45, 2.75) is 200 Å². The van der Waals surface area contributed by atoms with Crippen LogP contribution < -0.4 is 0 Å². The molecule has 1 unspecified atom stereocenters. The number of hydrogen-bond donors (Lipinski definition) is 0. The lowest BCUT2D eigenvalue weighted by molar-refractivity contribution is -0.912. The van der Waals surface area contributed by atoms with Crippen molar-refractivity contribution in [1.29, 1.82) is 0 Å². The van der Waals surface area contributed by atoms with Gasteiger partial charge in [0.1, 0.15) is 26.2 Å². The molecule has 0 saturated carbocycles. The number of likely N-dealkylation sites (N-methyl/N-ethyl adjacent to an activating group) is 1. The minimum Gasteiger partial charge on any atom is -0.461 e. The van der Waals surface area contributed by atoms with Gasteiger partial charge in [-0.2, -0.15) is 0 Å². The van der Waals surface area contributed by atoms with Crippen LogP contribution in [0.2, 0.25) is 0 Å². The van der Waals surface area contributed by atoms with Crippen molar-refractivity contribution in [3.8, 4) is 0 Å². The van der Waals surface area contributed by atoms with Gasteiger partial charge < -0.3 is 23.4 Å². The molecular formula is C46H88NO6+. The second-order valence-electron chi connectivity index (χ2n) is 15.7. The monoisotopic (exact) mass is 751 g/mol. The Labute approximate surface area is 329 Å². The van der Waals surface area contributed by atoms with Gasteiger partial charge in [0.2, 0.25) is 0 Å². The molecule has 0 fully saturated rings. The van der Waals surface area contributed by atoms with Gasteiger partial charge in [-0.3, -0.25) is 9.59 Å². The second kappa shape index (κ2) is 40.0. The number of unbranched alkanes of at least 4 members (excludes halogenated alkanes) is 22. The topological polar surface area (TPSA) is 71.1 Å². The fourth-order valence-corrected chi connectivity index (χ4v) is 6.72. The molecule has 0 saturated heterocycles. The zero-order valence-corrected chi connectivity index (χ0v) is 35.8. The van der Waals surface area contributed by atoms with Crippen LogP contribution >= 0.6 is 0 Å². The van der Waals surface area contributed by atoms with Crippen LogP contribution in [0.5, 0.6) is 0 Å². The summed E-state index contributed by atoms with van der Waals surface area (Å²) in [5.41, 5.74) is 0. The van der Waals surface area contributed by atoms with E-state index in [4.69, 9.17) is 18.9 Å². The minimum absolute atomic E-state index is 0.0931. The molecule has 7 heteroatoms. The molecule has 0 spiro atoms. The highest BCUT2D eigenvalue weighted by atomic mass is 16.6. The highest BCUT2D eigenvalue weighted by Crippen LogP contribution is 2.15. The number of carbonyl (C=O) groups is 2. The van der Waals surface area contributed by atoms with Crippen molar-refractivity contribution < 1.29 is 33.0 Å². The van der Waals surface area contributed by atoms with E-state index >= 15 is 0 Å². The molecule has 53 heavy (non-hydrogen) atoms. The Morgan fingerprint density at radius 1 is 0.509 bits per heavy atom. The Hall–Kier alpha value is -1.70. The number of hydrogen-bond acceptors (Lipinski definition) is 6. The first-order valence-corrected chi connectivity index (χ1v) is 22.4. The number of esters is 2. The maximum atomic E-state index is 12.9. The van der Waals surface area contributed by atoms with Gasteiger partial charge in [0, 0.05) is 27.1 Å². The third-order valence-electron chi connectivity index (χ3n) is 10.3. The van der Waals surface area contributed by atoms with Gasteiger partial charge in [-0.15, -0.1) is 0 Å². The lowest BCUT2D eigenvalue weighted by atomic mass is 10.1. The van der Waals surface area contributed by atoms with Gasteiger partial charge >= 0.3 is 11.9 Å². The van der Waals surface area contributed by atoms with Crippen molar-refractivity contribution in [2.24, 2.45) is 0 Å². The fraction of sp³-hybridized carbons (Fsp3) is 0.870. The minimum atomic E-state index is -0.498. The van der Waals surface area contributed by atoms with Crippen molar-refractivity contribution in [2.75, 3.05) is 60.7 Å². The first kappa shape index (κ1) is 51.3. The van der Waals surface area contributed by atoms with Crippen LogP contribution in [0, 0.1) is 0 Å². The Balaban J connectivity index is 4.42. The van der Waals surface area contributed by atoms with Crippen molar-refractivity contribution in [3.63, 3.8) is 0 Å². The average Bonchev–Trinajstić information content (AvgIpc) is 3.15. The summed E-state index contributed by atoms with van der Waals surface area (Å²) < 4.78 is 23.1. The van der Waals surface area contributed by atoms with Gasteiger partial charge in [-0.05, 0) is 64.2 Å². The van der Waals surface area contributed by atoms with Gasteiger partial charge in [-0.1, -0.05) is 141 Å². The normalized spacial score (nSPS) is 12.6. The van der Waals surface area contributed by atoms with Gasteiger partial charge in [0.05, 0.1) is 20.3 Å². The predicted octanol–water partition coefficient (Wildman–Crippen LogP) is 12.3. The summed E-state index contributed by atoms with van der Waals surface area (Å²) >= 11 is 0. The molecular weight excluding hydrogens is 663 g/mol. The van der Waals surface area contributed by atoms with Crippen LogP contribution in [0.3, 0.4) is 0 Å². The zero-order chi connectivity index (χ0) is 38.9. The summed E-state index contributed by atoms with van der Waals surface area (Å²) in [6, 6.07) is 0. The standard InChI is InChI=1S/C46H88NO6/c1-6-8-10-12-14-16-18-20-22-24-26-28-30-32-34-36-45(48)52-43-44(42-47(3,38-40-50-4)39-41-51-5)53-46(49)37-35-33-31-29-27-25-23-21-19-17-15-13-11-9-7-2/h20-23,44H,6-19,24-43H2,1-5H3/q+1/b22-20+,23-21+. The molecule has 312 valence electrons. The quantitative estimate of drug-likeness (QED) is 0.0268. The summed E-state index contributed by atoms with van der Waals surface area (Å²) in [7, 11) is 5.52. The SMILES string of the molecule is CCCCCCCC/C=C/CCCCCCCC(=O)OCC(C[N+](C)(CCOC)CCOC)OC(=O)CCCCCCC/C=C/CCCCCCCC. The maximum Gasteiger partial charge on any atom is 0.306 e. The summed E-state index contributed by atoms with van der Waals surface area (Å²) in [6.45, 7) is 7.86. The molecule has 0 amide bonds. The van der Waals surface area contributed by atoms with E-state index < -0.39 is 6.10 Å². The molecule has 0 N–H and O–H groups in total. The molecule has 7 nitrogen and oxygen atoms in total. The average molecular weight is 751 g/mol. The maximum absolute atomic E-state index is 12.9. The van der Waals surface area contributed by atoms with E-state index in [0.717, 1.165) is 64.5 Å². The zero-order valence-electron chi connectivity index (χ0n) is 35.8.